The maximum absolute atomic E-state index is 12.1. The van der Waals surface area contributed by atoms with E-state index in [-0.39, 0.29) is 18.0 Å². The van der Waals surface area contributed by atoms with Crippen LogP contribution in [0.1, 0.15) is 59.8 Å². The van der Waals surface area contributed by atoms with E-state index < -0.39 is 12.0 Å². The molecular formula is C16H30N2O3. The Morgan fingerprint density at radius 3 is 2.29 bits per heavy atom. The maximum Gasteiger partial charge on any atom is 0.326 e. The summed E-state index contributed by atoms with van der Waals surface area (Å²) in [4.78, 5) is 23.3. The fraction of sp³-hybridized carbons (Fsp3) is 0.875. The average molecular weight is 298 g/mol. The number of hydrogen-bond acceptors (Lipinski definition) is 2. The molecule has 1 aliphatic rings. The van der Waals surface area contributed by atoms with E-state index in [1.807, 2.05) is 13.8 Å². The zero-order valence-electron chi connectivity index (χ0n) is 13.7. The second-order valence-corrected chi connectivity index (χ2v) is 6.94. The van der Waals surface area contributed by atoms with Crippen LogP contribution >= 0.6 is 0 Å². The summed E-state index contributed by atoms with van der Waals surface area (Å²) in [6.45, 7) is 8.26. The molecule has 0 aromatic carbocycles. The third kappa shape index (κ3) is 5.94. The number of carbonyl (C=O) groups is 2. The summed E-state index contributed by atoms with van der Waals surface area (Å²) in [5, 5.41) is 14.8. The van der Waals surface area contributed by atoms with Crippen molar-refractivity contribution in [3.63, 3.8) is 0 Å². The highest BCUT2D eigenvalue weighted by atomic mass is 16.4. The van der Waals surface area contributed by atoms with Gasteiger partial charge in [-0.05, 0) is 37.0 Å². The van der Waals surface area contributed by atoms with E-state index in [2.05, 4.69) is 24.5 Å². The van der Waals surface area contributed by atoms with Gasteiger partial charge in [-0.2, -0.15) is 0 Å². The Labute approximate surface area is 127 Å². The zero-order chi connectivity index (χ0) is 16.0. The lowest BCUT2D eigenvalue weighted by Crippen LogP contribution is -2.52. The van der Waals surface area contributed by atoms with Gasteiger partial charge in [0.2, 0.25) is 0 Å². The lowest BCUT2D eigenvalue weighted by molar-refractivity contribution is -0.139. The molecule has 3 N–H and O–H groups in total. The van der Waals surface area contributed by atoms with Crippen LogP contribution in [0.4, 0.5) is 4.79 Å². The second kappa shape index (κ2) is 8.25. The molecule has 0 radical (unpaired) electrons. The van der Waals surface area contributed by atoms with Gasteiger partial charge in [0.15, 0.2) is 0 Å². The van der Waals surface area contributed by atoms with Crippen LogP contribution in [-0.4, -0.2) is 29.2 Å². The molecule has 5 nitrogen and oxygen atoms in total. The van der Waals surface area contributed by atoms with Crippen molar-refractivity contribution in [1.82, 2.24) is 10.6 Å². The van der Waals surface area contributed by atoms with Gasteiger partial charge in [0.25, 0.3) is 0 Å². The molecule has 21 heavy (non-hydrogen) atoms. The van der Waals surface area contributed by atoms with Crippen molar-refractivity contribution in [1.29, 1.82) is 0 Å². The highest BCUT2D eigenvalue weighted by Crippen LogP contribution is 2.30. The zero-order valence-corrected chi connectivity index (χ0v) is 13.7. The van der Waals surface area contributed by atoms with E-state index in [1.165, 1.54) is 6.42 Å². The van der Waals surface area contributed by atoms with Gasteiger partial charge in [-0.15, -0.1) is 0 Å². The first kappa shape index (κ1) is 17.8. The number of hydrogen-bond donors (Lipinski definition) is 3. The summed E-state index contributed by atoms with van der Waals surface area (Å²) in [5.41, 5.74) is 0. The van der Waals surface area contributed by atoms with E-state index >= 15 is 0 Å². The van der Waals surface area contributed by atoms with Crippen LogP contribution in [0.2, 0.25) is 0 Å². The summed E-state index contributed by atoms with van der Waals surface area (Å²) in [7, 11) is 0. The van der Waals surface area contributed by atoms with Crippen molar-refractivity contribution in [2.75, 3.05) is 0 Å². The summed E-state index contributed by atoms with van der Waals surface area (Å²) < 4.78 is 0. The summed E-state index contributed by atoms with van der Waals surface area (Å²) in [6, 6.07) is -1.00. The molecule has 1 aliphatic carbocycles. The van der Waals surface area contributed by atoms with Crippen molar-refractivity contribution >= 4 is 12.0 Å². The summed E-state index contributed by atoms with van der Waals surface area (Å²) in [5.74, 6) is 0.270. The minimum atomic E-state index is -0.970. The number of nitrogens with one attached hydrogen (secondary N) is 2. The van der Waals surface area contributed by atoms with Gasteiger partial charge in [-0.25, -0.2) is 9.59 Å². The van der Waals surface area contributed by atoms with Gasteiger partial charge in [0.1, 0.15) is 6.04 Å². The molecule has 1 fully saturated rings. The van der Waals surface area contributed by atoms with Gasteiger partial charge in [0, 0.05) is 6.04 Å². The third-order valence-corrected chi connectivity index (χ3v) is 4.30. The quantitative estimate of drug-likeness (QED) is 0.705. The molecule has 0 aromatic heterocycles. The van der Waals surface area contributed by atoms with E-state index in [9.17, 15) is 14.7 Å². The van der Waals surface area contributed by atoms with Crippen LogP contribution in [0.25, 0.3) is 0 Å². The van der Waals surface area contributed by atoms with Crippen LogP contribution in [0.15, 0.2) is 0 Å². The topological polar surface area (TPSA) is 78.4 Å². The van der Waals surface area contributed by atoms with Crippen molar-refractivity contribution in [2.24, 2.45) is 17.8 Å². The number of carboxylic acid groups (broad SMARTS) is 1. The van der Waals surface area contributed by atoms with Crippen LogP contribution in [-0.2, 0) is 4.79 Å². The minimum absolute atomic E-state index is 0.159. The van der Waals surface area contributed by atoms with E-state index in [1.54, 1.807) is 0 Å². The normalized spacial score (nSPS) is 23.9. The number of aliphatic carboxylic acids is 1. The van der Waals surface area contributed by atoms with Crippen LogP contribution < -0.4 is 10.6 Å². The first-order valence-corrected chi connectivity index (χ1v) is 8.11. The first-order valence-electron chi connectivity index (χ1n) is 8.11. The Morgan fingerprint density at radius 1 is 1.14 bits per heavy atom. The van der Waals surface area contributed by atoms with E-state index in [0.29, 0.717) is 18.3 Å². The molecule has 0 bridgehead atoms. The third-order valence-electron chi connectivity index (χ3n) is 4.30. The van der Waals surface area contributed by atoms with Gasteiger partial charge in [-0.1, -0.05) is 40.5 Å². The predicted octanol–water partition coefficient (Wildman–Crippen LogP) is 3.00. The van der Waals surface area contributed by atoms with Gasteiger partial charge in [0.05, 0.1) is 0 Å². The van der Waals surface area contributed by atoms with E-state index in [0.717, 1.165) is 19.3 Å². The molecule has 1 rings (SSSR count). The SMILES string of the molecule is CC(C)C[C@@H](NC(=O)NC1CCCCC1C(C)C)C(=O)O. The van der Waals surface area contributed by atoms with Crippen molar-refractivity contribution in [2.45, 2.75) is 71.9 Å². The molecule has 0 saturated heterocycles. The van der Waals surface area contributed by atoms with E-state index in [4.69, 9.17) is 0 Å². The predicted molar refractivity (Wildman–Crippen MR) is 83.1 cm³/mol. The molecule has 3 atom stereocenters. The molecule has 0 heterocycles. The lowest BCUT2D eigenvalue weighted by atomic mass is 9.78. The number of carbonyl (C=O) groups excluding carboxylic acids is 1. The molecule has 1 saturated carbocycles. The Hall–Kier alpha value is -1.26. The Kier molecular flexibility index (Phi) is 6.99. The molecule has 2 amide bonds. The monoisotopic (exact) mass is 298 g/mol. The van der Waals surface area contributed by atoms with Gasteiger partial charge >= 0.3 is 12.0 Å². The minimum Gasteiger partial charge on any atom is -0.480 e. The van der Waals surface area contributed by atoms with Crippen molar-refractivity contribution in [3.05, 3.63) is 0 Å². The maximum atomic E-state index is 12.1. The Balaban J connectivity index is 2.55. The van der Waals surface area contributed by atoms with Gasteiger partial charge < -0.3 is 15.7 Å². The van der Waals surface area contributed by atoms with Crippen LogP contribution in [0.5, 0.6) is 0 Å². The first-order chi connectivity index (χ1) is 9.81. The Bertz CT molecular complexity index is 355. The number of carboxylic acids is 1. The van der Waals surface area contributed by atoms with Crippen molar-refractivity contribution < 1.29 is 14.7 Å². The van der Waals surface area contributed by atoms with Crippen LogP contribution in [0.3, 0.4) is 0 Å². The molecule has 5 heteroatoms. The van der Waals surface area contributed by atoms with Gasteiger partial charge in [-0.3, -0.25) is 0 Å². The largest absolute Gasteiger partial charge is 0.480 e. The summed E-state index contributed by atoms with van der Waals surface area (Å²) in [6.07, 6.45) is 4.91. The number of amides is 2. The summed E-state index contributed by atoms with van der Waals surface area (Å²) >= 11 is 0. The molecule has 122 valence electrons. The standard InChI is InChI=1S/C16H30N2O3/c1-10(2)9-14(15(19)20)18-16(21)17-13-8-6-5-7-12(13)11(3)4/h10-14H,5-9H2,1-4H3,(H,19,20)(H2,17,18,21)/t12?,13?,14-/m1/s1. The smallest absolute Gasteiger partial charge is 0.326 e. The number of rotatable bonds is 6. The fourth-order valence-corrected chi connectivity index (χ4v) is 3.20. The lowest BCUT2D eigenvalue weighted by Gasteiger charge is -2.35. The van der Waals surface area contributed by atoms with Crippen LogP contribution in [0, 0.1) is 17.8 Å². The molecule has 0 spiro atoms. The second-order valence-electron chi connectivity index (χ2n) is 6.94. The molecular weight excluding hydrogens is 268 g/mol. The Morgan fingerprint density at radius 2 is 1.76 bits per heavy atom. The highest BCUT2D eigenvalue weighted by Gasteiger charge is 2.29. The average Bonchev–Trinajstić information content (AvgIpc) is 2.37. The molecule has 0 aromatic rings. The highest BCUT2D eigenvalue weighted by molar-refractivity contribution is 5.82. The molecule has 2 unspecified atom stereocenters. The molecule has 0 aliphatic heterocycles. The fourth-order valence-electron chi connectivity index (χ4n) is 3.20. The van der Waals surface area contributed by atoms with Crippen molar-refractivity contribution in [3.8, 4) is 0 Å². The number of urea groups is 1.